The molecule has 3 aromatic rings. The van der Waals surface area contributed by atoms with Gasteiger partial charge in [0.15, 0.2) is 22.6 Å². The first-order chi connectivity index (χ1) is 15.7. The maximum atomic E-state index is 13.9. The van der Waals surface area contributed by atoms with Gasteiger partial charge in [-0.2, -0.15) is 13.4 Å². The Morgan fingerprint density at radius 1 is 1.24 bits per heavy atom. The molecule has 0 saturated carbocycles. The van der Waals surface area contributed by atoms with E-state index in [1.165, 1.54) is 31.3 Å². The number of rotatable bonds is 10. The van der Waals surface area contributed by atoms with Gasteiger partial charge in [-0.25, -0.2) is 13.8 Å². The Balaban J connectivity index is 1.85. The number of thioether (sulfide) groups is 1. The predicted molar refractivity (Wildman–Crippen MR) is 113 cm³/mol. The van der Waals surface area contributed by atoms with Crippen LogP contribution in [0.2, 0.25) is 0 Å². The van der Waals surface area contributed by atoms with Gasteiger partial charge in [0.1, 0.15) is 12.4 Å². The Morgan fingerprint density at radius 2 is 2.03 bits per heavy atom. The molecule has 176 valence electrons. The topological polar surface area (TPSA) is 144 Å². The average Bonchev–Trinajstić information content (AvgIpc) is 3.29. The smallest absolute Gasteiger partial charge is 0.296 e. The minimum atomic E-state index is -4.28. The number of halogens is 2. The van der Waals surface area contributed by atoms with Crippen LogP contribution >= 0.6 is 11.8 Å². The zero-order valence-electron chi connectivity index (χ0n) is 17.0. The molecule has 1 aromatic carbocycles. The molecule has 0 spiro atoms. The molecule has 0 radical (unpaired) electrons. The van der Waals surface area contributed by atoms with Gasteiger partial charge in [0, 0.05) is 24.4 Å². The lowest BCUT2D eigenvalue weighted by molar-refractivity contribution is 0.0930. The van der Waals surface area contributed by atoms with Crippen molar-refractivity contribution in [1.29, 1.82) is 0 Å². The first-order valence-electron chi connectivity index (χ1n) is 9.26. The molecule has 3 rings (SSSR count). The Labute approximate surface area is 191 Å². The maximum absolute atomic E-state index is 13.9. The number of aromatic nitrogens is 2. The van der Waals surface area contributed by atoms with E-state index in [4.69, 9.17) is 14.3 Å². The second-order valence-electron chi connectivity index (χ2n) is 6.25. The molecule has 14 heteroatoms. The Bertz CT molecular complexity index is 1250. The van der Waals surface area contributed by atoms with Crippen LogP contribution in [0.15, 0.2) is 51.1 Å². The quantitative estimate of drug-likeness (QED) is 0.282. The summed E-state index contributed by atoms with van der Waals surface area (Å²) < 4.78 is 65.1. The SMILES string of the molecule is CNC(=O)c1ccc(S(=O)(=O)Nc2cc(OCCO)nc(SCc3cccc(F)c3F)n2)o1. The lowest BCUT2D eigenvalue weighted by Crippen LogP contribution is -2.17. The van der Waals surface area contributed by atoms with Crippen molar-refractivity contribution < 1.29 is 36.3 Å². The summed E-state index contributed by atoms with van der Waals surface area (Å²) in [5.41, 5.74) is 0.0599. The number of furan rings is 1. The fourth-order valence-electron chi connectivity index (χ4n) is 2.44. The Hall–Kier alpha value is -3.23. The van der Waals surface area contributed by atoms with Crippen LogP contribution in [0.4, 0.5) is 14.6 Å². The minimum Gasteiger partial charge on any atom is -0.475 e. The molecule has 0 aliphatic rings. The number of hydrogen-bond donors (Lipinski definition) is 3. The molecule has 0 saturated heterocycles. The van der Waals surface area contributed by atoms with Crippen molar-refractivity contribution in [3.05, 3.63) is 59.4 Å². The summed E-state index contributed by atoms with van der Waals surface area (Å²) >= 11 is 0.908. The standard InChI is InChI=1S/C19H18F2N4O6S2/c1-22-18(27)13-5-6-16(31-13)33(28,29)25-14-9-15(30-8-7-26)24-19(23-14)32-10-11-3-2-4-12(20)17(11)21/h2-6,9,26H,7-8,10H2,1H3,(H,22,27)(H,23,24,25). The lowest BCUT2D eigenvalue weighted by Gasteiger charge is -2.10. The van der Waals surface area contributed by atoms with Crippen molar-refractivity contribution in [2.45, 2.75) is 16.0 Å². The Morgan fingerprint density at radius 3 is 2.76 bits per heavy atom. The number of anilines is 1. The second-order valence-corrected chi connectivity index (χ2v) is 8.81. The number of aliphatic hydroxyl groups excluding tert-OH is 1. The van der Waals surface area contributed by atoms with Crippen LogP contribution in [-0.2, 0) is 15.8 Å². The highest BCUT2D eigenvalue weighted by atomic mass is 32.2. The van der Waals surface area contributed by atoms with E-state index in [1.807, 2.05) is 0 Å². The number of ether oxygens (including phenoxy) is 1. The first kappa shape index (κ1) is 24.4. The largest absolute Gasteiger partial charge is 0.475 e. The number of amides is 1. The summed E-state index contributed by atoms with van der Waals surface area (Å²) in [4.78, 5) is 19.7. The van der Waals surface area contributed by atoms with Gasteiger partial charge in [0.25, 0.3) is 15.9 Å². The number of aliphatic hydroxyl groups is 1. The predicted octanol–water partition coefficient (Wildman–Crippen LogP) is 2.17. The summed E-state index contributed by atoms with van der Waals surface area (Å²) in [7, 11) is -2.92. The van der Waals surface area contributed by atoms with E-state index in [1.54, 1.807) is 0 Å². The van der Waals surface area contributed by atoms with Crippen molar-refractivity contribution in [2.75, 3.05) is 25.0 Å². The number of benzene rings is 1. The van der Waals surface area contributed by atoms with Gasteiger partial charge < -0.3 is 19.6 Å². The van der Waals surface area contributed by atoms with E-state index in [-0.39, 0.29) is 47.1 Å². The van der Waals surface area contributed by atoms with Crippen LogP contribution in [-0.4, -0.2) is 49.7 Å². The number of sulfonamides is 1. The fourth-order valence-corrected chi connectivity index (χ4v) is 4.20. The molecule has 0 aliphatic heterocycles. The maximum Gasteiger partial charge on any atom is 0.296 e. The van der Waals surface area contributed by atoms with Crippen molar-refractivity contribution in [3.63, 3.8) is 0 Å². The van der Waals surface area contributed by atoms with Crippen LogP contribution in [0, 0.1) is 11.6 Å². The molecule has 3 N–H and O–H groups in total. The van der Waals surface area contributed by atoms with Gasteiger partial charge in [-0.3, -0.25) is 9.52 Å². The Kier molecular flexibility index (Phi) is 7.84. The van der Waals surface area contributed by atoms with Gasteiger partial charge in [0.05, 0.1) is 6.61 Å². The second kappa shape index (κ2) is 10.6. The number of carbonyl (C=O) groups is 1. The summed E-state index contributed by atoms with van der Waals surface area (Å²) in [5, 5.41) is 10.7. The molecule has 2 heterocycles. The van der Waals surface area contributed by atoms with Crippen molar-refractivity contribution in [3.8, 4) is 5.88 Å². The van der Waals surface area contributed by atoms with Crippen molar-refractivity contribution >= 4 is 33.5 Å². The van der Waals surface area contributed by atoms with Crippen LogP contribution in [0.25, 0.3) is 0 Å². The molecule has 1 amide bonds. The highest BCUT2D eigenvalue weighted by Crippen LogP contribution is 2.27. The number of nitrogens with zero attached hydrogens (tertiary/aromatic N) is 2. The third-order valence-electron chi connectivity index (χ3n) is 3.95. The number of nitrogens with one attached hydrogen (secondary N) is 2. The molecular weight excluding hydrogens is 482 g/mol. The van der Waals surface area contributed by atoms with Crippen LogP contribution in [0.5, 0.6) is 5.88 Å². The van der Waals surface area contributed by atoms with Crippen LogP contribution in [0.1, 0.15) is 16.1 Å². The minimum absolute atomic E-state index is 0.00250. The fraction of sp³-hybridized carbons (Fsp3) is 0.211. The van der Waals surface area contributed by atoms with E-state index in [0.29, 0.717) is 0 Å². The van der Waals surface area contributed by atoms with E-state index in [9.17, 15) is 22.0 Å². The molecule has 0 aliphatic carbocycles. The molecular formula is C19H18F2N4O6S2. The molecule has 0 atom stereocenters. The van der Waals surface area contributed by atoms with Crippen LogP contribution in [0.3, 0.4) is 0 Å². The van der Waals surface area contributed by atoms with Crippen LogP contribution < -0.4 is 14.8 Å². The molecule has 0 bridgehead atoms. The van der Waals surface area contributed by atoms with E-state index in [2.05, 4.69) is 20.0 Å². The molecule has 0 fully saturated rings. The summed E-state index contributed by atoms with van der Waals surface area (Å²) in [6, 6.07) is 7.19. The van der Waals surface area contributed by atoms with Gasteiger partial charge >= 0.3 is 0 Å². The van der Waals surface area contributed by atoms with Crippen molar-refractivity contribution in [1.82, 2.24) is 15.3 Å². The van der Waals surface area contributed by atoms with Gasteiger partial charge in [-0.05, 0) is 18.2 Å². The molecule has 2 aromatic heterocycles. The van der Waals surface area contributed by atoms with Gasteiger partial charge in [0.2, 0.25) is 11.0 Å². The molecule has 10 nitrogen and oxygen atoms in total. The van der Waals surface area contributed by atoms with Crippen molar-refractivity contribution in [2.24, 2.45) is 0 Å². The van der Waals surface area contributed by atoms with E-state index < -0.39 is 32.7 Å². The average molecular weight is 501 g/mol. The summed E-state index contributed by atoms with van der Waals surface area (Å²) in [6.45, 7) is -0.448. The third kappa shape index (κ3) is 6.18. The lowest BCUT2D eigenvalue weighted by atomic mass is 10.2. The monoisotopic (exact) mass is 500 g/mol. The van der Waals surface area contributed by atoms with E-state index in [0.717, 1.165) is 23.9 Å². The van der Waals surface area contributed by atoms with E-state index >= 15 is 0 Å². The summed E-state index contributed by atoms with van der Waals surface area (Å²) in [6.07, 6.45) is 0. The molecule has 0 unspecified atom stereocenters. The number of hydrogen-bond acceptors (Lipinski definition) is 9. The van der Waals surface area contributed by atoms with Gasteiger partial charge in [-0.15, -0.1) is 0 Å². The molecule has 33 heavy (non-hydrogen) atoms. The zero-order valence-corrected chi connectivity index (χ0v) is 18.7. The first-order valence-corrected chi connectivity index (χ1v) is 11.7. The zero-order chi connectivity index (χ0) is 24.0. The van der Waals surface area contributed by atoms with Gasteiger partial charge in [-0.1, -0.05) is 23.9 Å². The normalized spacial score (nSPS) is 11.3. The summed E-state index contributed by atoms with van der Waals surface area (Å²) in [5.74, 6) is -3.15. The third-order valence-corrected chi connectivity index (χ3v) is 6.07. The highest BCUT2D eigenvalue weighted by Gasteiger charge is 2.22. The number of carbonyl (C=O) groups excluding carboxylic acids is 1. The highest BCUT2D eigenvalue weighted by molar-refractivity contribution is 7.98.